The van der Waals surface area contributed by atoms with Gasteiger partial charge in [0.05, 0.1) is 6.26 Å². The Morgan fingerprint density at radius 3 is 2.53 bits per heavy atom. The second kappa shape index (κ2) is 4.53. The lowest BCUT2D eigenvalue weighted by Gasteiger charge is -2.49. The van der Waals surface area contributed by atoms with Crippen LogP contribution in [0.4, 0.5) is 0 Å². The van der Waals surface area contributed by atoms with E-state index in [2.05, 4.69) is 19.0 Å². The fraction of sp³-hybridized carbons (Fsp3) is 0.615. The molecule has 94 valence electrons. The topological polar surface area (TPSA) is 36.7 Å². The number of hydrogen-bond acceptors (Lipinski definition) is 3. The van der Waals surface area contributed by atoms with E-state index >= 15 is 0 Å². The molecule has 1 aliphatic carbocycles. The molecule has 1 heterocycles. The average molecular weight is 236 g/mol. The molecule has 1 amide bonds. The predicted molar refractivity (Wildman–Crippen MR) is 65.9 cm³/mol. The lowest BCUT2D eigenvalue weighted by molar-refractivity contribution is 0.0240. The van der Waals surface area contributed by atoms with Gasteiger partial charge in [0.1, 0.15) is 0 Å². The fourth-order valence-electron chi connectivity index (χ4n) is 2.43. The molecule has 0 radical (unpaired) electrons. The number of carbonyl (C=O) groups excluding carboxylic acids is 1. The van der Waals surface area contributed by atoms with Crippen LogP contribution in [0.25, 0.3) is 0 Å². The third-order valence-corrected chi connectivity index (χ3v) is 3.84. The Hall–Kier alpha value is -1.29. The number of carbonyl (C=O) groups is 1. The van der Waals surface area contributed by atoms with Gasteiger partial charge in [0, 0.05) is 19.1 Å². The third-order valence-electron chi connectivity index (χ3n) is 3.84. The highest BCUT2D eigenvalue weighted by atomic mass is 16.3. The first kappa shape index (κ1) is 12.2. The van der Waals surface area contributed by atoms with Gasteiger partial charge in [-0.15, -0.1) is 0 Å². The molecular formula is C13H20N2O2. The molecule has 2 rings (SSSR count). The molecule has 17 heavy (non-hydrogen) atoms. The van der Waals surface area contributed by atoms with Crippen LogP contribution in [0.3, 0.4) is 0 Å². The Balaban J connectivity index is 2.01. The second-order valence-electron chi connectivity index (χ2n) is 5.11. The number of likely N-dealkylation sites (N-methyl/N-ethyl adjacent to an activating group) is 2. The van der Waals surface area contributed by atoms with Gasteiger partial charge in [0.2, 0.25) is 0 Å². The summed E-state index contributed by atoms with van der Waals surface area (Å²) in [4.78, 5) is 16.1. The standard InChI is InChI=1S/C13H20N2O2/c1-14(2)13(7-5-8-13)10-15(3)12(16)11-6-4-9-17-11/h4,6,9H,5,7-8,10H2,1-3H3. The normalized spacial score (nSPS) is 17.9. The molecule has 1 aromatic rings. The lowest BCUT2D eigenvalue weighted by Crippen LogP contribution is -2.57. The maximum absolute atomic E-state index is 12.1. The first-order valence-corrected chi connectivity index (χ1v) is 6.02. The maximum atomic E-state index is 12.1. The Morgan fingerprint density at radius 1 is 1.41 bits per heavy atom. The Bertz CT molecular complexity index is 380. The van der Waals surface area contributed by atoms with E-state index in [1.54, 1.807) is 17.0 Å². The van der Waals surface area contributed by atoms with Crippen molar-refractivity contribution in [1.82, 2.24) is 9.80 Å². The van der Waals surface area contributed by atoms with E-state index in [1.807, 2.05) is 7.05 Å². The van der Waals surface area contributed by atoms with Crippen LogP contribution in [0, 0.1) is 0 Å². The zero-order valence-electron chi connectivity index (χ0n) is 10.8. The van der Waals surface area contributed by atoms with Crippen LogP contribution in [-0.2, 0) is 0 Å². The second-order valence-corrected chi connectivity index (χ2v) is 5.11. The van der Waals surface area contributed by atoms with Crippen molar-refractivity contribution in [3.63, 3.8) is 0 Å². The summed E-state index contributed by atoms with van der Waals surface area (Å²) >= 11 is 0. The van der Waals surface area contributed by atoms with Crippen LogP contribution >= 0.6 is 0 Å². The lowest BCUT2D eigenvalue weighted by atomic mass is 9.75. The van der Waals surface area contributed by atoms with E-state index in [0.717, 1.165) is 19.4 Å². The maximum Gasteiger partial charge on any atom is 0.289 e. The van der Waals surface area contributed by atoms with Gasteiger partial charge in [-0.2, -0.15) is 0 Å². The van der Waals surface area contributed by atoms with Crippen molar-refractivity contribution in [2.75, 3.05) is 27.7 Å². The van der Waals surface area contributed by atoms with Crippen molar-refractivity contribution in [2.45, 2.75) is 24.8 Å². The quantitative estimate of drug-likeness (QED) is 0.800. The summed E-state index contributed by atoms with van der Waals surface area (Å²) < 4.78 is 5.14. The van der Waals surface area contributed by atoms with Crippen molar-refractivity contribution < 1.29 is 9.21 Å². The molecule has 4 nitrogen and oxygen atoms in total. The van der Waals surface area contributed by atoms with Gasteiger partial charge in [0.15, 0.2) is 5.76 Å². The third kappa shape index (κ3) is 2.22. The molecule has 0 N–H and O–H groups in total. The summed E-state index contributed by atoms with van der Waals surface area (Å²) in [7, 11) is 6.02. The average Bonchev–Trinajstić information content (AvgIpc) is 2.74. The molecule has 0 aromatic carbocycles. The summed E-state index contributed by atoms with van der Waals surface area (Å²) in [5.74, 6) is 0.379. The predicted octanol–water partition coefficient (Wildman–Crippen LogP) is 1.84. The van der Waals surface area contributed by atoms with Gasteiger partial charge in [-0.25, -0.2) is 0 Å². The highest BCUT2D eigenvalue weighted by Crippen LogP contribution is 2.36. The van der Waals surface area contributed by atoms with Crippen LogP contribution in [0.2, 0.25) is 0 Å². The van der Waals surface area contributed by atoms with E-state index in [-0.39, 0.29) is 11.4 Å². The Labute approximate surface area is 102 Å². The molecule has 0 bridgehead atoms. The van der Waals surface area contributed by atoms with Crippen molar-refractivity contribution in [1.29, 1.82) is 0 Å². The molecule has 1 aliphatic rings. The van der Waals surface area contributed by atoms with Gasteiger partial charge in [-0.05, 0) is 45.5 Å². The van der Waals surface area contributed by atoms with E-state index < -0.39 is 0 Å². The Kier molecular flexibility index (Phi) is 3.24. The molecule has 1 aromatic heterocycles. The fourth-order valence-corrected chi connectivity index (χ4v) is 2.43. The Morgan fingerprint density at radius 2 is 2.12 bits per heavy atom. The van der Waals surface area contributed by atoms with Crippen LogP contribution in [0.5, 0.6) is 0 Å². The van der Waals surface area contributed by atoms with Gasteiger partial charge >= 0.3 is 0 Å². The summed E-state index contributed by atoms with van der Waals surface area (Å²) in [6.45, 7) is 0.763. The smallest absolute Gasteiger partial charge is 0.289 e. The van der Waals surface area contributed by atoms with Crippen LogP contribution in [-0.4, -0.2) is 48.9 Å². The van der Waals surface area contributed by atoms with Gasteiger partial charge < -0.3 is 14.2 Å². The number of hydrogen-bond donors (Lipinski definition) is 0. The van der Waals surface area contributed by atoms with Crippen molar-refractivity contribution in [2.24, 2.45) is 0 Å². The van der Waals surface area contributed by atoms with E-state index in [4.69, 9.17) is 4.42 Å². The van der Waals surface area contributed by atoms with Gasteiger partial charge in [0.25, 0.3) is 5.91 Å². The largest absolute Gasteiger partial charge is 0.459 e. The first-order chi connectivity index (χ1) is 8.05. The summed E-state index contributed by atoms with van der Waals surface area (Å²) in [6, 6.07) is 3.45. The highest BCUT2D eigenvalue weighted by Gasteiger charge is 2.40. The molecule has 0 atom stereocenters. The molecule has 1 fully saturated rings. The van der Waals surface area contributed by atoms with Crippen LogP contribution < -0.4 is 0 Å². The molecular weight excluding hydrogens is 216 g/mol. The first-order valence-electron chi connectivity index (χ1n) is 6.02. The SMILES string of the molecule is CN(CC1(N(C)C)CCC1)C(=O)c1ccco1. The van der Waals surface area contributed by atoms with E-state index in [0.29, 0.717) is 5.76 Å². The highest BCUT2D eigenvalue weighted by molar-refractivity contribution is 5.91. The van der Waals surface area contributed by atoms with Crippen LogP contribution in [0.15, 0.2) is 22.8 Å². The zero-order valence-corrected chi connectivity index (χ0v) is 10.8. The monoisotopic (exact) mass is 236 g/mol. The van der Waals surface area contributed by atoms with Crippen LogP contribution in [0.1, 0.15) is 29.8 Å². The minimum absolute atomic E-state index is 0.0388. The van der Waals surface area contributed by atoms with Crippen molar-refractivity contribution in [3.8, 4) is 0 Å². The number of amides is 1. The minimum atomic E-state index is -0.0388. The van der Waals surface area contributed by atoms with Gasteiger partial charge in [-0.1, -0.05) is 0 Å². The number of nitrogens with zero attached hydrogens (tertiary/aromatic N) is 2. The molecule has 4 heteroatoms. The number of furan rings is 1. The van der Waals surface area contributed by atoms with Crippen molar-refractivity contribution >= 4 is 5.91 Å². The molecule has 0 spiro atoms. The molecule has 0 unspecified atom stereocenters. The van der Waals surface area contributed by atoms with Gasteiger partial charge in [-0.3, -0.25) is 4.79 Å². The number of rotatable bonds is 4. The molecule has 1 saturated carbocycles. The van der Waals surface area contributed by atoms with E-state index in [1.165, 1.54) is 12.7 Å². The minimum Gasteiger partial charge on any atom is -0.459 e. The summed E-state index contributed by atoms with van der Waals surface area (Å²) in [5, 5.41) is 0. The summed E-state index contributed by atoms with van der Waals surface area (Å²) in [6.07, 6.45) is 5.11. The molecule has 0 aliphatic heterocycles. The van der Waals surface area contributed by atoms with Crippen molar-refractivity contribution in [3.05, 3.63) is 24.2 Å². The zero-order chi connectivity index (χ0) is 12.5. The van der Waals surface area contributed by atoms with E-state index in [9.17, 15) is 4.79 Å². The molecule has 0 saturated heterocycles. The summed E-state index contributed by atoms with van der Waals surface area (Å²) in [5.41, 5.74) is 0.164.